The predicted octanol–water partition coefficient (Wildman–Crippen LogP) is 1.41. The van der Waals surface area contributed by atoms with Crippen LogP contribution in [0.5, 0.6) is 5.75 Å². The quantitative estimate of drug-likeness (QED) is 0.729. The van der Waals surface area contributed by atoms with Gasteiger partial charge in [0.2, 0.25) is 0 Å². The summed E-state index contributed by atoms with van der Waals surface area (Å²) in [4.78, 5) is 13.6. The number of aldehydes is 1. The Balaban J connectivity index is 3.48. The maximum atomic E-state index is 12.3. The second-order valence-corrected chi connectivity index (χ2v) is 2.35. The third-order valence-electron chi connectivity index (χ3n) is 1.57. The number of aromatic hydroxyl groups is 1. The molecule has 0 radical (unpaired) electrons. The number of alkyl halides is 2. The molecule has 0 fully saturated rings. The zero-order valence-electron chi connectivity index (χ0n) is 6.74. The fourth-order valence-electron chi connectivity index (χ4n) is 0.927. The van der Waals surface area contributed by atoms with E-state index in [0.717, 1.165) is 6.20 Å². The number of rotatable bonds is 2. The van der Waals surface area contributed by atoms with Gasteiger partial charge in [0.1, 0.15) is 11.8 Å². The molecule has 1 aromatic heterocycles. The molecule has 0 aliphatic heterocycles. The smallest absolute Gasteiger partial charge is 0.268 e. The van der Waals surface area contributed by atoms with Crippen molar-refractivity contribution in [3.63, 3.8) is 0 Å². The van der Waals surface area contributed by atoms with Gasteiger partial charge in [0.25, 0.3) is 6.43 Å². The first kappa shape index (κ1) is 10.1. The standard InChI is InChI=1S/C8H4F2N2O2/c9-8(10)6-4(1-11)2-12-5(3-13)7(6)14/h2-3,8,14H. The molecule has 4 nitrogen and oxygen atoms in total. The minimum Gasteiger partial charge on any atom is -0.505 e. The summed E-state index contributed by atoms with van der Waals surface area (Å²) in [5, 5.41) is 17.6. The van der Waals surface area contributed by atoms with Crippen molar-refractivity contribution in [2.24, 2.45) is 0 Å². The van der Waals surface area contributed by atoms with Crippen molar-refractivity contribution in [2.75, 3.05) is 0 Å². The van der Waals surface area contributed by atoms with Gasteiger partial charge in [0.15, 0.2) is 12.0 Å². The first-order chi connectivity index (χ1) is 6.61. The van der Waals surface area contributed by atoms with Crippen LogP contribution in [0.1, 0.15) is 28.0 Å². The van der Waals surface area contributed by atoms with E-state index in [-0.39, 0.29) is 6.29 Å². The summed E-state index contributed by atoms with van der Waals surface area (Å²) in [5.74, 6) is -0.936. The second kappa shape index (κ2) is 3.79. The normalized spacial score (nSPS) is 9.86. The van der Waals surface area contributed by atoms with Crippen LogP contribution in [0.25, 0.3) is 0 Å². The Morgan fingerprint density at radius 2 is 2.29 bits per heavy atom. The Labute approximate surface area is 77.4 Å². The molecule has 0 atom stereocenters. The minimum atomic E-state index is -3.02. The molecule has 0 saturated carbocycles. The van der Waals surface area contributed by atoms with Crippen LogP contribution in [0.2, 0.25) is 0 Å². The van der Waals surface area contributed by atoms with Crippen molar-refractivity contribution < 1.29 is 18.7 Å². The van der Waals surface area contributed by atoms with Gasteiger partial charge >= 0.3 is 0 Å². The number of hydrogen-bond acceptors (Lipinski definition) is 4. The van der Waals surface area contributed by atoms with Crippen molar-refractivity contribution in [3.8, 4) is 11.8 Å². The molecule has 0 aliphatic carbocycles. The number of carbonyl (C=O) groups excluding carboxylic acids is 1. The van der Waals surface area contributed by atoms with E-state index in [2.05, 4.69) is 4.98 Å². The Hall–Kier alpha value is -2.03. The van der Waals surface area contributed by atoms with Gasteiger partial charge in [-0.05, 0) is 0 Å². The second-order valence-electron chi connectivity index (χ2n) is 2.35. The highest BCUT2D eigenvalue weighted by molar-refractivity contribution is 5.77. The van der Waals surface area contributed by atoms with Crippen molar-refractivity contribution >= 4 is 6.29 Å². The van der Waals surface area contributed by atoms with Gasteiger partial charge in [0, 0.05) is 6.20 Å². The predicted molar refractivity (Wildman–Crippen MR) is 41.0 cm³/mol. The van der Waals surface area contributed by atoms with E-state index in [0.29, 0.717) is 0 Å². The molecule has 14 heavy (non-hydrogen) atoms. The van der Waals surface area contributed by atoms with Gasteiger partial charge < -0.3 is 5.11 Å². The first-order valence-corrected chi connectivity index (χ1v) is 3.47. The van der Waals surface area contributed by atoms with E-state index >= 15 is 0 Å². The maximum Gasteiger partial charge on any atom is 0.268 e. The molecule has 0 aromatic carbocycles. The summed E-state index contributed by atoms with van der Waals surface area (Å²) in [6.07, 6.45) is -2.06. The van der Waals surface area contributed by atoms with Crippen molar-refractivity contribution in [2.45, 2.75) is 6.43 Å². The summed E-state index contributed by atoms with van der Waals surface area (Å²) in [5.41, 5.74) is -1.80. The highest BCUT2D eigenvalue weighted by Crippen LogP contribution is 2.31. The van der Waals surface area contributed by atoms with Crippen LogP contribution in [-0.4, -0.2) is 16.4 Å². The van der Waals surface area contributed by atoms with E-state index in [1.165, 1.54) is 6.07 Å². The molecule has 72 valence electrons. The van der Waals surface area contributed by atoms with E-state index < -0.39 is 29.0 Å². The molecule has 6 heteroatoms. The van der Waals surface area contributed by atoms with Crippen molar-refractivity contribution in [1.29, 1.82) is 5.26 Å². The Kier molecular flexibility index (Phi) is 2.72. The lowest BCUT2D eigenvalue weighted by molar-refractivity contribution is 0.111. The Morgan fingerprint density at radius 3 is 2.71 bits per heavy atom. The number of nitriles is 1. The fraction of sp³-hybridized carbons (Fsp3) is 0.125. The van der Waals surface area contributed by atoms with E-state index in [1.54, 1.807) is 0 Å². The van der Waals surface area contributed by atoms with Crippen LogP contribution in [0, 0.1) is 11.3 Å². The average molecular weight is 198 g/mol. The molecular formula is C8H4F2N2O2. The van der Waals surface area contributed by atoms with Gasteiger partial charge in [-0.25, -0.2) is 13.8 Å². The van der Waals surface area contributed by atoms with Gasteiger partial charge in [-0.1, -0.05) is 0 Å². The first-order valence-electron chi connectivity index (χ1n) is 3.47. The maximum absolute atomic E-state index is 12.3. The zero-order valence-corrected chi connectivity index (χ0v) is 6.74. The molecule has 0 bridgehead atoms. The SMILES string of the molecule is N#Cc1cnc(C=O)c(O)c1C(F)F. The Bertz CT molecular complexity index is 413. The van der Waals surface area contributed by atoms with E-state index in [9.17, 15) is 13.6 Å². The highest BCUT2D eigenvalue weighted by atomic mass is 19.3. The summed E-state index contributed by atoms with van der Waals surface area (Å²) in [6.45, 7) is 0. The lowest BCUT2D eigenvalue weighted by Gasteiger charge is -2.05. The topological polar surface area (TPSA) is 74.0 Å². The van der Waals surface area contributed by atoms with Crippen LogP contribution in [0.15, 0.2) is 6.20 Å². The van der Waals surface area contributed by atoms with Crippen LogP contribution < -0.4 is 0 Å². The monoisotopic (exact) mass is 198 g/mol. The van der Waals surface area contributed by atoms with E-state index in [1.807, 2.05) is 0 Å². The average Bonchev–Trinajstić information content (AvgIpc) is 2.16. The highest BCUT2D eigenvalue weighted by Gasteiger charge is 2.21. The van der Waals surface area contributed by atoms with Crippen molar-refractivity contribution in [1.82, 2.24) is 4.98 Å². The molecular weight excluding hydrogens is 194 g/mol. The molecule has 0 saturated heterocycles. The molecule has 1 heterocycles. The largest absolute Gasteiger partial charge is 0.505 e. The van der Waals surface area contributed by atoms with E-state index in [4.69, 9.17) is 10.4 Å². The lowest BCUT2D eigenvalue weighted by atomic mass is 10.1. The fourth-order valence-corrected chi connectivity index (χ4v) is 0.927. The molecule has 0 amide bonds. The van der Waals surface area contributed by atoms with Gasteiger partial charge in [-0.3, -0.25) is 4.79 Å². The summed E-state index contributed by atoms with van der Waals surface area (Å²) < 4.78 is 24.7. The number of hydrogen-bond donors (Lipinski definition) is 1. The zero-order chi connectivity index (χ0) is 10.7. The molecule has 0 spiro atoms. The summed E-state index contributed by atoms with van der Waals surface area (Å²) >= 11 is 0. The lowest BCUT2D eigenvalue weighted by Crippen LogP contribution is -1.98. The van der Waals surface area contributed by atoms with Crippen LogP contribution in [-0.2, 0) is 0 Å². The molecule has 1 N–H and O–H groups in total. The molecule has 0 aliphatic rings. The van der Waals surface area contributed by atoms with Gasteiger partial charge in [0.05, 0.1) is 11.1 Å². The van der Waals surface area contributed by atoms with Crippen LogP contribution in [0.4, 0.5) is 8.78 Å². The van der Waals surface area contributed by atoms with Crippen LogP contribution in [0.3, 0.4) is 0 Å². The third-order valence-corrected chi connectivity index (χ3v) is 1.57. The third kappa shape index (κ3) is 1.52. The molecule has 1 rings (SSSR count). The summed E-state index contributed by atoms with van der Waals surface area (Å²) in [7, 11) is 0. The number of carbonyl (C=O) groups is 1. The number of aromatic nitrogens is 1. The van der Waals surface area contributed by atoms with Gasteiger partial charge in [-0.2, -0.15) is 5.26 Å². The minimum absolute atomic E-state index is 0.141. The number of pyridine rings is 1. The number of halogens is 2. The molecule has 0 unspecified atom stereocenters. The van der Waals surface area contributed by atoms with Crippen molar-refractivity contribution in [3.05, 3.63) is 23.0 Å². The molecule has 1 aromatic rings. The van der Waals surface area contributed by atoms with Crippen LogP contribution >= 0.6 is 0 Å². The number of nitrogens with zero attached hydrogens (tertiary/aromatic N) is 2. The Morgan fingerprint density at radius 1 is 1.64 bits per heavy atom. The summed E-state index contributed by atoms with van der Waals surface area (Å²) in [6, 6.07) is 1.45. The van der Waals surface area contributed by atoms with Gasteiger partial charge in [-0.15, -0.1) is 0 Å².